The van der Waals surface area contributed by atoms with Crippen LogP contribution in [0.1, 0.15) is 13.8 Å². The lowest BCUT2D eigenvalue weighted by molar-refractivity contribution is -0.384. The fraction of sp³-hybridized carbons (Fsp3) is 0.455. The van der Waals surface area contributed by atoms with Gasteiger partial charge < -0.3 is 10.1 Å². The molecule has 1 aromatic carbocycles. The van der Waals surface area contributed by atoms with Crippen LogP contribution in [0.3, 0.4) is 0 Å². The molecule has 0 aliphatic heterocycles. The minimum Gasteiger partial charge on any atom is -0.495 e. The summed E-state index contributed by atoms with van der Waals surface area (Å²) in [5.41, 5.74) is 0.720. The SMILES string of the molecule is COc1ccc([N+](=O)[O-])cc1NCC(C)C. The Bertz CT molecular complexity index is 377. The minimum atomic E-state index is -0.417. The number of nitro groups is 1. The van der Waals surface area contributed by atoms with E-state index in [0.29, 0.717) is 17.4 Å². The van der Waals surface area contributed by atoms with Crippen molar-refractivity contribution in [2.75, 3.05) is 19.0 Å². The maximum Gasteiger partial charge on any atom is 0.271 e. The highest BCUT2D eigenvalue weighted by atomic mass is 16.6. The highest BCUT2D eigenvalue weighted by Gasteiger charge is 2.11. The van der Waals surface area contributed by atoms with E-state index < -0.39 is 4.92 Å². The summed E-state index contributed by atoms with van der Waals surface area (Å²) in [7, 11) is 1.54. The Hall–Kier alpha value is -1.78. The molecule has 0 amide bonds. The lowest BCUT2D eigenvalue weighted by Crippen LogP contribution is -2.09. The summed E-state index contributed by atoms with van der Waals surface area (Å²) in [4.78, 5) is 10.2. The summed E-state index contributed by atoms with van der Waals surface area (Å²) in [6, 6.07) is 4.52. The minimum absolute atomic E-state index is 0.0621. The molecule has 0 aliphatic rings. The highest BCUT2D eigenvalue weighted by molar-refractivity contribution is 5.61. The predicted octanol–water partition coefficient (Wildman–Crippen LogP) is 2.67. The fourth-order valence-electron chi connectivity index (χ4n) is 1.26. The zero-order valence-electron chi connectivity index (χ0n) is 9.69. The van der Waals surface area contributed by atoms with Gasteiger partial charge in [0.2, 0.25) is 0 Å². The van der Waals surface area contributed by atoms with Gasteiger partial charge in [-0.05, 0) is 12.0 Å². The second-order valence-corrected chi connectivity index (χ2v) is 3.92. The van der Waals surface area contributed by atoms with E-state index in [4.69, 9.17) is 4.74 Å². The molecule has 0 saturated heterocycles. The number of ether oxygens (including phenoxy) is 1. The Morgan fingerprint density at radius 2 is 2.19 bits per heavy atom. The number of rotatable bonds is 5. The zero-order chi connectivity index (χ0) is 12.1. The van der Waals surface area contributed by atoms with Crippen molar-refractivity contribution in [3.63, 3.8) is 0 Å². The van der Waals surface area contributed by atoms with Crippen molar-refractivity contribution in [2.45, 2.75) is 13.8 Å². The van der Waals surface area contributed by atoms with E-state index in [9.17, 15) is 10.1 Å². The number of hydrogen-bond acceptors (Lipinski definition) is 4. The summed E-state index contributed by atoms with van der Waals surface area (Å²) in [6.45, 7) is 4.88. The average Bonchev–Trinajstić information content (AvgIpc) is 2.25. The van der Waals surface area contributed by atoms with Crippen LogP contribution in [0.4, 0.5) is 11.4 Å². The Labute approximate surface area is 94.6 Å². The van der Waals surface area contributed by atoms with E-state index in [1.165, 1.54) is 12.1 Å². The van der Waals surface area contributed by atoms with Gasteiger partial charge in [0, 0.05) is 18.7 Å². The molecule has 0 fully saturated rings. The molecule has 0 spiro atoms. The van der Waals surface area contributed by atoms with Crippen LogP contribution >= 0.6 is 0 Å². The molecule has 88 valence electrons. The van der Waals surface area contributed by atoms with Crippen molar-refractivity contribution in [3.05, 3.63) is 28.3 Å². The third kappa shape index (κ3) is 3.12. The molecule has 5 nitrogen and oxygen atoms in total. The van der Waals surface area contributed by atoms with Crippen LogP contribution in [-0.2, 0) is 0 Å². The molecule has 0 heterocycles. The number of methoxy groups -OCH3 is 1. The van der Waals surface area contributed by atoms with Crippen LogP contribution in [0.15, 0.2) is 18.2 Å². The second-order valence-electron chi connectivity index (χ2n) is 3.92. The third-order valence-corrected chi connectivity index (χ3v) is 2.09. The van der Waals surface area contributed by atoms with Gasteiger partial charge in [-0.3, -0.25) is 10.1 Å². The van der Waals surface area contributed by atoms with Gasteiger partial charge in [-0.25, -0.2) is 0 Å². The lowest BCUT2D eigenvalue weighted by atomic mass is 10.2. The van der Waals surface area contributed by atoms with Gasteiger partial charge in [-0.2, -0.15) is 0 Å². The van der Waals surface area contributed by atoms with Gasteiger partial charge in [0.25, 0.3) is 5.69 Å². The smallest absolute Gasteiger partial charge is 0.271 e. The maximum atomic E-state index is 10.6. The molecule has 0 atom stereocenters. The van der Waals surface area contributed by atoms with Crippen molar-refractivity contribution in [3.8, 4) is 5.75 Å². The molecule has 5 heteroatoms. The van der Waals surface area contributed by atoms with Crippen LogP contribution in [0.25, 0.3) is 0 Å². The average molecular weight is 224 g/mol. The van der Waals surface area contributed by atoms with E-state index >= 15 is 0 Å². The van der Waals surface area contributed by atoms with Gasteiger partial charge in [0.1, 0.15) is 5.75 Å². The van der Waals surface area contributed by atoms with E-state index in [1.807, 2.05) is 0 Å². The first-order chi connectivity index (χ1) is 7.54. The largest absolute Gasteiger partial charge is 0.495 e. The summed E-state index contributed by atoms with van der Waals surface area (Å²) in [5, 5.41) is 13.8. The molecular weight excluding hydrogens is 208 g/mol. The number of benzene rings is 1. The Balaban J connectivity index is 2.93. The Kier molecular flexibility index (Phi) is 4.10. The molecule has 0 aromatic heterocycles. The summed E-state index contributed by atoms with van der Waals surface area (Å²) in [5.74, 6) is 1.08. The van der Waals surface area contributed by atoms with Crippen molar-refractivity contribution in [1.29, 1.82) is 0 Å². The van der Waals surface area contributed by atoms with Crippen molar-refractivity contribution in [1.82, 2.24) is 0 Å². The third-order valence-electron chi connectivity index (χ3n) is 2.09. The Morgan fingerprint density at radius 1 is 1.50 bits per heavy atom. The first kappa shape index (κ1) is 12.3. The topological polar surface area (TPSA) is 64.4 Å². The molecule has 0 aliphatic carbocycles. The number of anilines is 1. The molecule has 0 bridgehead atoms. The molecule has 1 N–H and O–H groups in total. The zero-order valence-corrected chi connectivity index (χ0v) is 9.69. The number of nitrogens with zero attached hydrogens (tertiary/aromatic N) is 1. The number of nitro benzene ring substituents is 1. The van der Waals surface area contributed by atoms with Crippen molar-refractivity contribution >= 4 is 11.4 Å². The summed E-state index contributed by atoms with van der Waals surface area (Å²) >= 11 is 0. The van der Waals surface area contributed by atoms with E-state index in [1.54, 1.807) is 13.2 Å². The molecule has 1 rings (SSSR count). The lowest BCUT2D eigenvalue weighted by Gasteiger charge is -2.12. The first-order valence-corrected chi connectivity index (χ1v) is 5.11. The highest BCUT2D eigenvalue weighted by Crippen LogP contribution is 2.28. The van der Waals surface area contributed by atoms with Crippen molar-refractivity contribution in [2.24, 2.45) is 5.92 Å². The number of hydrogen-bond donors (Lipinski definition) is 1. The van der Waals surface area contributed by atoms with E-state index in [2.05, 4.69) is 19.2 Å². The molecular formula is C11H16N2O3. The van der Waals surface area contributed by atoms with Gasteiger partial charge in [0.15, 0.2) is 0 Å². The van der Waals surface area contributed by atoms with Gasteiger partial charge in [0.05, 0.1) is 17.7 Å². The maximum absolute atomic E-state index is 10.6. The second kappa shape index (κ2) is 5.34. The predicted molar refractivity (Wildman–Crippen MR) is 63.0 cm³/mol. The summed E-state index contributed by atoms with van der Waals surface area (Å²) < 4.78 is 5.13. The standard InChI is InChI=1S/C11H16N2O3/c1-8(2)7-12-10-6-9(13(14)15)4-5-11(10)16-3/h4-6,8,12H,7H2,1-3H3. The van der Waals surface area contributed by atoms with Crippen LogP contribution in [0.2, 0.25) is 0 Å². The molecule has 16 heavy (non-hydrogen) atoms. The molecule has 0 saturated carbocycles. The Morgan fingerprint density at radius 3 is 2.69 bits per heavy atom. The van der Waals surface area contributed by atoms with Gasteiger partial charge in [-0.15, -0.1) is 0 Å². The van der Waals surface area contributed by atoms with E-state index in [0.717, 1.165) is 6.54 Å². The van der Waals surface area contributed by atoms with Crippen molar-refractivity contribution < 1.29 is 9.66 Å². The molecule has 1 aromatic rings. The van der Waals surface area contributed by atoms with Gasteiger partial charge in [-0.1, -0.05) is 13.8 Å². The fourth-order valence-corrected chi connectivity index (χ4v) is 1.26. The van der Waals surface area contributed by atoms with Gasteiger partial charge >= 0.3 is 0 Å². The van der Waals surface area contributed by atoms with Crippen LogP contribution in [0.5, 0.6) is 5.75 Å². The van der Waals surface area contributed by atoms with Crippen LogP contribution in [-0.4, -0.2) is 18.6 Å². The quantitative estimate of drug-likeness (QED) is 0.617. The number of nitrogens with one attached hydrogen (secondary N) is 1. The number of non-ortho nitro benzene ring substituents is 1. The molecule has 0 radical (unpaired) electrons. The van der Waals surface area contributed by atoms with E-state index in [-0.39, 0.29) is 5.69 Å². The monoisotopic (exact) mass is 224 g/mol. The first-order valence-electron chi connectivity index (χ1n) is 5.11. The summed E-state index contributed by atoms with van der Waals surface area (Å²) in [6.07, 6.45) is 0. The van der Waals surface area contributed by atoms with Crippen LogP contribution in [0, 0.1) is 16.0 Å². The van der Waals surface area contributed by atoms with Crippen LogP contribution < -0.4 is 10.1 Å². The molecule has 0 unspecified atom stereocenters. The normalized spacial score (nSPS) is 10.2.